The van der Waals surface area contributed by atoms with Gasteiger partial charge in [0.05, 0.1) is 6.10 Å². The average Bonchev–Trinajstić information content (AvgIpc) is 2.40. The van der Waals surface area contributed by atoms with Crippen LogP contribution in [0.2, 0.25) is 0 Å². The number of hydrogen-bond donors (Lipinski definition) is 2. The molecule has 2 heterocycles. The zero-order chi connectivity index (χ0) is 13.7. The zero-order valence-corrected chi connectivity index (χ0v) is 12.5. The number of β-amino-alcohol motifs (C(OH)–C–C–N with tert-alkyl or cyclic N) is 1. The highest BCUT2D eigenvalue weighted by molar-refractivity contribution is 4.78. The molecule has 0 bridgehead atoms. The summed E-state index contributed by atoms with van der Waals surface area (Å²) in [5, 5.41) is 13.6. The Balaban J connectivity index is 1.64. The summed E-state index contributed by atoms with van der Waals surface area (Å²) < 4.78 is 0. The van der Waals surface area contributed by atoms with Crippen LogP contribution in [0.25, 0.3) is 0 Å². The lowest BCUT2D eigenvalue weighted by Crippen LogP contribution is -2.52. The van der Waals surface area contributed by atoms with Gasteiger partial charge in [0.1, 0.15) is 0 Å². The summed E-state index contributed by atoms with van der Waals surface area (Å²) in [4.78, 5) is 7.29. The van der Waals surface area contributed by atoms with Crippen molar-refractivity contribution < 1.29 is 5.11 Å². The van der Waals surface area contributed by atoms with Crippen LogP contribution in [-0.4, -0.2) is 97.4 Å². The number of nitrogens with one attached hydrogen (secondary N) is 1. The number of rotatable bonds is 5. The van der Waals surface area contributed by atoms with Gasteiger partial charge in [-0.2, -0.15) is 0 Å². The summed E-state index contributed by atoms with van der Waals surface area (Å²) in [6.45, 7) is 14.9. The molecule has 5 nitrogen and oxygen atoms in total. The van der Waals surface area contributed by atoms with Gasteiger partial charge in [0.15, 0.2) is 0 Å². The summed E-state index contributed by atoms with van der Waals surface area (Å²) in [5.41, 5.74) is 0. The average molecular weight is 270 g/mol. The summed E-state index contributed by atoms with van der Waals surface area (Å²) in [6.07, 6.45) is -0.205. The Hall–Kier alpha value is -0.200. The number of aliphatic hydroxyl groups is 1. The maximum Gasteiger partial charge on any atom is 0.0793 e. The third kappa shape index (κ3) is 5.00. The highest BCUT2D eigenvalue weighted by Gasteiger charge is 2.22. The lowest BCUT2D eigenvalue weighted by molar-refractivity contribution is 0.0418. The molecule has 2 aliphatic heterocycles. The second kappa shape index (κ2) is 7.55. The fraction of sp³-hybridized carbons (Fsp3) is 1.00. The van der Waals surface area contributed by atoms with Gasteiger partial charge >= 0.3 is 0 Å². The van der Waals surface area contributed by atoms with Crippen LogP contribution in [0.15, 0.2) is 0 Å². The highest BCUT2D eigenvalue weighted by Crippen LogP contribution is 2.07. The molecule has 2 fully saturated rings. The van der Waals surface area contributed by atoms with Crippen molar-refractivity contribution in [2.45, 2.75) is 26.0 Å². The molecular weight excluding hydrogens is 240 g/mol. The van der Waals surface area contributed by atoms with Gasteiger partial charge in [-0.15, -0.1) is 0 Å². The van der Waals surface area contributed by atoms with Crippen molar-refractivity contribution >= 4 is 0 Å². The Kier molecular flexibility index (Phi) is 6.04. The quantitative estimate of drug-likeness (QED) is 0.690. The summed E-state index contributed by atoms with van der Waals surface area (Å²) in [5.74, 6) is 0. The third-order valence-electron chi connectivity index (χ3n) is 4.28. The van der Waals surface area contributed by atoms with E-state index < -0.39 is 0 Å². The Bertz CT molecular complexity index is 248. The van der Waals surface area contributed by atoms with E-state index in [9.17, 15) is 5.11 Å². The van der Waals surface area contributed by atoms with Crippen LogP contribution in [0.3, 0.4) is 0 Å². The molecule has 5 heteroatoms. The van der Waals surface area contributed by atoms with E-state index in [1.165, 1.54) is 0 Å². The summed E-state index contributed by atoms with van der Waals surface area (Å²) in [7, 11) is 0. The molecule has 19 heavy (non-hydrogen) atoms. The molecule has 0 aromatic rings. The number of hydrogen-bond acceptors (Lipinski definition) is 5. The third-order valence-corrected chi connectivity index (χ3v) is 4.28. The first-order valence-corrected chi connectivity index (χ1v) is 7.72. The molecule has 0 saturated carbocycles. The Morgan fingerprint density at radius 1 is 0.895 bits per heavy atom. The molecule has 0 spiro atoms. The minimum absolute atomic E-state index is 0.205. The van der Waals surface area contributed by atoms with Crippen LogP contribution in [0, 0.1) is 0 Å². The van der Waals surface area contributed by atoms with Gasteiger partial charge in [-0.05, 0) is 13.8 Å². The largest absolute Gasteiger partial charge is 0.390 e. The topological polar surface area (TPSA) is 42.0 Å². The maximum absolute atomic E-state index is 10.2. The fourth-order valence-electron chi connectivity index (χ4n) is 3.01. The van der Waals surface area contributed by atoms with E-state index >= 15 is 0 Å². The molecule has 2 saturated heterocycles. The van der Waals surface area contributed by atoms with Crippen LogP contribution in [0.1, 0.15) is 13.8 Å². The standard InChI is InChI=1S/C14H30N4O/c1-13(2)18-9-7-17(8-10-18)12-14(19)11-16-5-3-15-4-6-16/h13-15,19H,3-12H2,1-2H3. The van der Waals surface area contributed by atoms with Crippen molar-refractivity contribution in [3.05, 3.63) is 0 Å². The molecule has 2 N–H and O–H groups in total. The second-order valence-electron chi connectivity index (χ2n) is 6.13. The monoisotopic (exact) mass is 270 g/mol. The van der Waals surface area contributed by atoms with Gasteiger partial charge in [-0.25, -0.2) is 0 Å². The first kappa shape index (κ1) is 15.2. The maximum atomic E-state index is 10.2. The Morgan fingerprint density at radius 2 is 1.42 bits per heavy atom. The highest BCUT2D eigenvalue weighted by atomic mass is 16.3. The van der Waals surface area contributed by atoms with Crippen molar-refractivity contribution in [1.29, 1.82) is 0 Å². The Morgan fingerprint density at radius 3 is 1.95 bits per heavy atom. The van der Waals surface area contributed by atoms with E-state index in [1.54, 1.807) is 0 Å². The molecule has 112 valence electrons. The van der Waals surface area contributed by atoms with Crippen molar-refractivity contribution in [2.24, 2.45) is 0 Å². The molecule has 2 rings (SSSR count). The molecule has 0 aromatic heterocycles. The SMILES string of the molecule is CC(C)N1CCN(CC(O)CN2CCNCC2)CC1. The van der Waals surface area contributed by atoms with Crippen LogP contribution in [-0.2, 0) is 0 Å². The van der Waals surface area contributed by atoms with Gasteiger partial charge in [0.2, 0.25) is 0 Å². The van der Waals surface area contributed by atoms with Gasteiger partial charge < -0.3 is 10.4 Å². The molecular formula is C14H30N4O. The van der Waals surface area contributed by atoms with Crippen molar-refractivity contribution in [1.82, 2.24) is 20.0 Å². The molecule has 0 radical (unpaired) electrons. The van der Waals surface area contributed by atoms with Crippen LogP contribution in [0.5, 0.6) is 0 Å². The lowest BCUT2D eigenvalue weighted by Gasteiger charge is -2.38. The molecule has 0 amide bonds. The minimum atomic E-state index is -0.205. The summed E-state index contributed by atoms with van der Waals surface area (Å²) in [6, 6.07) is 0.646. The molecule has 1 atom stereocenters. The van der Waals surface area contributed by atoms with E-state index in [0.717, 1.165) is 65.4 Å². The van der Waals surface area contributed by atoms with Crippen LogP contribution < -0.4 is 5.32 Å². The summed E-state index contributed by atoms with van der Waals surface area (Å²) >= 11 is 0. The lowest BCUT2D eigenvalue weighted by atomic mass is 10.2. The first-order chi connectivity index (χ1) is 9.15. The zero-order valence-electron chi connectivity index (χ0n) is 12.5. The van der Waals surface area contributed by atoms with E-state index in [1.807, 2.05) is 0 Å². The number of nitrogens with zero attached hydrogens (tertiary/aromatic N) is 3. The van der Waals surface area contributed by atoms with Crippen LogP contribution >= 0.6 is 0 Å². The van der Waals surface area contributed by atoms with Crippen molar-refractivity contribution in [3.63, 3.8) is 0 Å². The van der Waals surface area contributed by atoms with Gasteiger partial charge in [-0.1, -0.05) is 0 Å². The van der Waals surface area contributed by atoms with Gasteiger partial charge in [0.25, 0.3) is 0 Å². The van der Waals surface area contributed by atoms with Gasteiger partial charge in [-0.3, -0.25) is 14.7 Å². The molecule has 2 aliphatic rings. The van der Waals surface area contributed by atoms with Crippen molar-refractivity contribution in [3.8, 4) is 0 Å². The number of piperazine rings is 2. The fourth-order valence-corrected chi connectivity index (χ4v) is 3.01. The minimum Gasteiger partial charge on any atom is -0.390 e. The first-order valence-electron chi connectivity index (χ1n) is 7.72. The van der Waals surface area contributed by atoms with E-state index in [2.05, 4.69) is 33.9 Å². The van der Waals surface area contributed by atoms with Crippen molar-refractivity contribution in [2.75, 3.05) is 65.4 Å². The normalized spacial score (nSPS) is 25.9. The predicted molar refractivity (Wildman–Crippen MR) is 78.5 cm³/mol. The molecule has 1 unspecified atom stereocenters. The van der Waals surface area contributed by atoms with E-state index in [-0.39, 0.29) is 6.10 Å². The van der Waals surface area contributed by atoms with Gasteiger partial charge in [0, 0.05) is 71.5 Å². The Labute approximate surface area is 117 Å². The predicted octanol–water partition coefficient (Wildman–Crippen LogP) is -0.721. The number of aliphatic hydroxyl groups excluding tert-OH is 1. The molecule has 0 aliphatic carbocycles. The molecule has 0 aromatic carbocycles. The van der Waals surface area contributed by atoms with E-state index in [0.29, 0.717) is 6.04 Å². The van der Waals surface area contributed by atoms with E-state index in [4.69, 9.17) is 0 Å². The van der Waals surface area contributed by atoms with Crippen LogP contribution in [0.4, 0.5) is 0 Å². The second-order valence-corrected chi connectivity index (χ2v) is 6.13. The smallest absolute Gasteiger partial charge is 0.0793 e.